The second-order valence-corrected chi connectivity index (χ2v) is 10.6. The molecule has 0 unspecified atom stereocenters. The number of fused-ring (bicyclic) bond motifs is 2. The lowest BCUT2D eigenvalue weighted by Gasteiger charge is -2.36. The molecule has 35 heavy (non-hydrogen) atoms. The van der Waals surface area contributed by atoms with Crippen molar-refractivity contribution in [3.05, 3.63) is 50.9 Å². The summed E-state index contributed by atoms with van der Waals surface area (Å²) < 4.78 is 0. The highest BCUT2D eigenvalue weighted by atomic mass is 32.1. The highest BCUT2D eigenvalue weighted by Gasteiger charge is 2.31. The van der Waals surface area contributed by atoms with Gasteiger partial charge in [0.15, 0.2) is 0 Å². The van der Waals surface area contributed by atoms with Crippen molar-refractivity contribution in [1.29, 1.82) is 0 Å². The predicted molar refractivity (Wildman–Crippen MR) is 138 cm³/mol. The molecule has 184 valence electrons. The van der Waals surface area contributed by atoms with Gasteiger partial charge in [0.1, 0.15) is 10.7 Å². The number of nitrogens with zero attached hydrogens (tertiary/aromatic N) is 4. The standard InChI is InChI=1S/C25H30N6O3S/c1-15-12-21(32)26-18-6-4-5-7-19(18)31(15)22(33)14-30-10-8-29(9-11-30)13-20-27-24(34)23-16(2)17(3)35-25(23)28-20/h4-7,15H,8-14H2,1-3H3,(H,26,32)(H,27,28,34)/t15-/m1/s1. The molecule has 9 nitrogen and oxygen atoms in total. The van der Waals surface area contributed by atoms with Crippen LogP contribution in [0.4, 0.5) is 11.4 Å². The molecule has 1 atom stereocenters. The van der Waals surface area contributed by atoms with Crippen LogP contribution in [0.3, 0.4) is 0 Å². The molecule has 1 saturated heterocycles. The number of nitrogens with one attached hydrogen (secondary N) is 2. The number of hydrogen-bond acceptors (Lipinski definition) is 7. The molecule has 10 heteroatoms. The molecule has 0 spiro atoms. The molecule has 3 aromatic rings. The number of rotatable bonds is 4. The van der Waals surface area contributed by atoms with E-state index in [2.05, 4.69) is 20.1 Å². The highest BCUT2D eigenvalue weighted by Crippen LogP contribution is 2.31. The largest absolute Gasteiger partial charge is 0.324 e. The van der Waals surface area contributed by atoms with Crippen molar-refractivity contribution < 1.29 is 9.59 Å². The van der Waals surface area contributed by atoms with Crippen LogP contribution in [0, 0.1) is 13.8 Å². The first kappa shape index (κ1) is 23.7. The van der Waals surface area contributed by atoms with Gasteiger partial charge in [-0.3, -0.25) is 24.2 Å². The average Bonchev–Trinajstić information content (AvgIpc) is 3.01. The van der Waals surface area contributed by atoms with Crippen LogP contribution in [-0.4, -0.2) is 70.3 Å². The summed E-state index contributed by atoms with van der Waals surface area (Å²) in [5, 5.41) is 3.60. The Bertz CT molecular complexity index is 1340. The summed E-state index contributed by atoms with van der Waals surface area (Å²) in [6.45, 7) is 9.83. The minimum atomic E-state index is -0.213. The molecule has 1 aromatic carbocycles. The summed E-state index contributed by atoms with van der Waals surface area (Å²) in [6.07, 6.45) is 0.271. The van der Waals surface area contributed by atoms with Gasteiger partial charge in [-0.2, -0.15) is 0 Å². The minimum Gasteiger partial charge on any atom is -0.324 e. The number of hydrogen-bond donors (Lipinski definition) is 2. The van der Waals surface area contributed by atoms with Crippen molar-refractivity contribution in [3.63, 3.8) is 0 Å². The van der Waals surface area contributed by atoms with E-state index >= 15 is 0 Å². The Hall–Kier alpha value is -3.08. The maximum atomic E-state index is 13.3. The molecule has 0 radical (unpaired) electrons. The molecule has 4 heterocycles. The van der Waals surface area contributed by atoms with Gasteiger partial charge >= 0.3 is 0 Å². The third kappa shape index (κ3) is 4.73. The Kier molecular flexibility index (Phi) is 6.43. The predicted octanol–water partition coefficient (Wildman–Crippen LogP) is 2.48. The molecule has 5 rings (SSSR count). The van der Waals surface area contributed by atoms with Gasteiger partial charge in [0.05, 0.1) is 29.9 Å². The smallest absolute Gasteiger partial charge is 0.259 e. The van der Waals surface area contributed by atoms with Crippen LogP contribution in [-0.2, 0) is 16.1 Å². The normalized spacial score (nSPS) is 19.5. The second kappa shape index (κ2) is 9.52. The molecule has 0 aliphatic carbocycles. The maximum Gasteiger partial charge on any atom is 0.259 e. The van der Waals surface area contributed by atoms with Gasteiger partial charge in [0.25, 0.3) is 5.56 Å². The third-order valence-electron chi connectivity index (χ3n) is 6.91. The van der Waals surface area contributed by atoms with E-state index in [4.69, 9.17) is 4.98 Å². The Morgan fingerprint density at radius 2 is 1.83 bits per heavy atom. The van der Waals surface area contributed by atoms with Crippen molar-refractivity contribution in [2.75, 3.05) is 42.9 Å². The summed E-state index contributed by atoms with van der Waals surface area (Å²) in [5.74, 6) is 0.599. The lowest BCUT2D eigenvalue weighted by atomic mass is 10.1. The Balaban J connectivity index is 1.22. The fraction of sp³-hybridized carbons (Fsp3) is 0.440. The summed E-state index contributed by atoms with van der Waals surface area (Å²) in [5.41, 5.74) is 2.36. The zero-order valence-corrected chi connectivity index (χ0v) is 21.1. The fourth-order valence-electron chi connectivity index (χ4n) is 4.93. The van der Waals surface area contributed by atoms with Gasteiger partial charge in [-0.1, -0.05) is 12.1 Å². The van der Waals surface area contributed by atoms with E-state index in [1.165, 1.54) is 0 Å². The number of thiophene rings is 1. The first-order chi connectivity index (χ1) is 16.8. The quantitative estimate of drug-likeness (QED) is 0.578. The number of para-hydroxylation sites is 2. The molecular weight excluding hydrogens is 464 g/mol. The number of H-pyrrole nitrogens is 1. The van der Waals surface area contributed by atoms with Crippen molar-refractivity contribution in [2.24, 2.45) is 0 Å². The summed E-state index contributed by atoms with van der Waals surface area (Å²) in [7, 11) is 0. The van der Waals surface area contributed by atoms with Crippen LogP contribution in [0.25, 0.3) is 10.2 Å². The molecule has 2 amide bonds. The fourth-order valence-corrected chi connectivity index (χ4v) is 5.98. The number of piperazine rings is 1. The number of aromatic nitrogens is 2. The van der Waals surface area contributed by atoms with E-state index in [9.17, 15) is 14.4 Å². The summed E-state index contributed by atoms with van der Waals surface area (Å²) in [4.78, 5) is 53.9. The van der Waals surface area contributed by atoms with Crippen molar-refractivity contribution in [3.8, 4) is 0 Å². The van der Waals surface area contributed by atoms with Gasteiger partial charge in [-0.15, -0.1) is 11.3 Å². The van der Waals surface area contributed by atoms with E-state index < -0.39 is 0 Å². The van der Waals surface area contributed by atoms with Crippen molar-refractivity contribution >= 4 is 44.7 Å². The topological polar surface area (TPSA) is 102 Å². The molecule has 2 aliphatic rings. The van der Waals surface area contributed by atoms with Crippen molar-refractivity contribution in [1.82, 2.24) is 19.8 Å². The number of amides is 2. The van der Waals surface area contributed by atoms with Crippen molar-refractivity contribution in [2.45, 2.75) is 39.8 Å². The van der Waals surface area contributed by atoms with Gasteiger partial charge in [0.2, 0.25) is 11.8 Å². The molecular formula is C25H30N6O3S. The van der Waals surface area contributed by atoms with Gasteiger partial charge in [-0.05, 0) is 38.5 Å². The van der Waals surface area contributed by atoms with E-state index in [-0.39, 0.29) is 29.8 Å². The van der Waals surface area contributed by atoms with Crippen LogP contribution in [0.5, 0.6) is 0 Å². The number of carbonyl (C=O) groups excluding carboxylic acids is 2. The second-order valence-electron chi connectivity index (χ2n) is 9.41. The Morgan fingerprint density at radius 1 is 1.11 bits per heavy atom. The Labute approximate surface area is 207 Å². The maximum absolute atomic E-state index is 13.3. The molecule has 2 aliphatic heterocycles. The zero-order chi connectivity index (χ0) is 24.7. The summed E-state index contributed by atoms with van der Waals surface area (Å²) >= 11 is 1.56. The van der Waals surface area contributed by atoms with Crippen LogP contribution >= 0.6 is 11.3 Å². The number of aryl methyl sites for hydroxylation is 2. The molecule has 2 N–H and O–H groups in total. The number of anilines is 2. The SMILES string of the molecule is Cc1sc2nc(CN3CCN(CC(=O)N4c5ccccc5NC(=O)C[C@H]4C)CC3)[nH]c(=O)c2c1C. The molecule has 2 aromatic heterocycles. The highest BCUT2D eigenvalue weighted by molar-refractivity contribution is 7.18. The average molecular weight is 495 g/mol. The lowest BCUT2D eigenvalue weighted by Crippen LogP contribution is -2.51. The van der Waals surface area contributed by atoms with E-state index in [0.29, 0.717) is 30.0 Å². The van der Waals surface area contributed by atoms with E-state index in [1.807, 2.05) is 45.0 Å². The minimum absolute atomic E-state index is 0.00483. The van der Waals surface area contributed by atoms with Crippen LogP contribution < -0.4 is 15.8 Å². The molecule has 0 saturated carbocycles. The third-order valence-corrected chi connectivity index (χ3v) is 8.01. The molecule has 0 bridgehead atoms. The van der Waals surface area contributed by atoms with E-state index in [0.717, 1.165) is 47.1 Å². The summed E-state index contributed by atoms with van der Waals surface area (Å²) in [6, 6.07) is 7.25. The van der Waals surface area contributed by atoms with Crippen LogP contribution in [0.15, 0.2) is 29.1 Å². The number of benzene rings is 1. The lowest BCUT2D eigenvalue weighted by molar-refractivity contribution is -0.120. The van der Waals surface area contributed by atoms with Crippen LogP contribution in [0.1, 0.15) is 29.6 Å². The molecule has 1 fully saturated rings. The van der Waals surface area contributed by atoms with E-state index in [1.54, 1.807) is 16.2 Å². The van der Waals surface area contributed by atoms with Gasteiger partial charge < -0.3 is 15.2 Å². The number of carbonyl (C=O) groups is 2. The monoisotopic (exact) mass is 494 g/mol. The Morgan fingerprint density at radius 3 is 2.60 bits per heavy atom. The number of aromatic amines is 1. The van der Waals surface area contributed by atoms with Gasteiger partial charge in [0, 0.05) is 43.5 Å². The van der Waals surface area contributed by atoms with Crippen LogP contribution in [0.2, 0.25) is 0 Å². The zero-order valence-electron chi connectivity index (χ0n) is 20.3. The van der Waals surface area contributed by atoms with Gasteiger partial charge in [-0.25, -0.2) is 4.98 Å². The first-order valence-corrected chi connectivity index (χ1v) is 12.8. The first-order valence-electron chi connectivity index (χ1n) is 11.9.